The number of carbonyl (C=O) groups excluding carboxylic acids is 1. The molecule has 0 heterocycles. The fraction of sp³-hybridized carbons (Fsp3) is 0.250. The van der Waals surface area contributed by atoms with Gasteiger partial charge >= 0.3 is 5.97 Å². The summed E-state index contributed by atoms with van der Waals surface area (Å²) in [6.45, 7) is 0.866. The third kappa shape index (κ3) is 3.24. The SMILES string of the molecule is COc1c(F)c(F)c(/C=C/COC(C)=O)c(F)c1F. The number of ether oxygens (including phenoxy) is 2. The van der Waals surface area contributed by atoms with Crippen LogP contribution in [0.3, 0.4) is 0 Å². The quantitative estimate of drug-likeness (QED) is 0.482. The first kappa shape index (κ1) is 15.0. The van der Waals surface area contributed by atoms with E-state index < -0.39 is 40.6 Å². The Morgan fingerprint density at radius 1 is 1.11 bits per heavy atom. The Labute approximate surface area is 106 Å². The molecule has 0 aromatic heterocycles. The van der Waals surface area contributed by atoms with Crippen LogP contribution >= 0.6 is 0 Å². The minimum atomic E-state index is -1.63. The van der Waals surface area contributed by atoms with E-state index >= 15 is 0 Å². The van der Waals surface area contributed by atoms with Gasteiger partial charge < -0.3 is 9.47 Å². The van der Waals surface area contributed by atoms with E-state index in [2.05, 4.69) is 9.47 Å². The first-order valence-corrected chi connectivity index (χ1v) is 5.10. The summed E-state index contributed by atoms with van der Waals surface area (Å²) < 4.78 is 62.2. The molecule has 0 spiro atoms. The van der Waals surface area contributed by atoms with Crippen molar-refractivity contribution < 1.29 is 31.8 Å². The number of halogens is 4. The van der Waals surface area contributed by atoms with Crippen molar-refractivity contribution in [2.75, 3.05) is 13.7 Å². The van der Waals surface area contributed by atoms with Gasteiger partial charge in [0.05, 0.1) is 12.7 Å². The van der Waals surface area contributed by atoms with Crippen LogP contribution in [0.2, 0.25) is 0 Å². The normalized spacial score (nSPS) is 10.8. The van der Waals surface area contributed by atoms with Crippen molar-refractivity contribution in [1.29, 1.82) is 0 Å². The van der Waals surface area contributed by atoms with Crippen LogP contribution in [0.15, 0.2) is 6.08 Å². The highest BCUT2D eigenvalue weighted by Gasteiger charge is 2.24. The summed E-state index contributed by atoms with van der Waals surface area (Å²) in [5, 5.41) is 0. The van der Waals surface area contributed by atoms with Gasteiger partial charge in [0.25, 0.3) is 0 Å². The summed E-state index contributed by atoms with van der Waals surface area (Å²) in [6.07, 6.45) is 1.83. The van der Waals surface area contributed by atoms with E-state index in [-0.39, 0.29) is 6.61 Å². The molecule has 0 atom stereocenters. The number of benzene rings is 1. The Balaban J connectivity index is 3.12. The van der Waals surface area contributed by atoms with E-state index in [9.17, 15) is 22.4 Å². The lowest BCUT2D eigenvalue weighted by Crippen LogP contribution is -2.04. The van der Waals surface area contributed by atoms with Gasteiger partial charge in [-0.3, -0.25) is 4.79 Å². The fourth-order valence-corrected chi connectivity index (χ4v) is 1.29. The Bertz CT molecular complexity index is 497. The fourth-order valence-electron chi connectivity index (χ4n) is 1.29. The molecule has 0 radical (unpaired) electrons. The van der Waals surface area contributed by atoms with Crippen LogP contribution < -0.4 is 4.74 Å². The predicted molar refractivity (Wildman–Crippen MR) is 58.5 cm³/mol. The average Bonchev–Trinajstić information content (AvgIpc) is 2.36. The molecule has 0 aliphatic heterocycles. The van der Waals surface area contributed by atoms with Gasteiger partial charge in [0, 0.05) is 6.92 Å². The van der Waals surface area contributed by atoms with Gasteiger partial charge in [-0.05, 0) is 12.2 Å². The number of rotatable bonds is 4. The molecule has 0 N–H and O–H groups in total. The summed E-state index contributed by atoms with van der Waals surface area (Å²) in [5.41, 5.74) is -0.914. The minimum Gasteiger partial charge on any atom is -0.491 e. The summed E-state index contributed by atoms with van der Waals surface area (Å²) in [4.78, 5) is 10.4. The van der Waals surface area contributed by atoms with Crippen LogP contribution in [0.1, 0.15) is 12.5 Å². The van der Waals surface area contributed by atoms with Gasteiger partial charge in [-0.2, -0.15) is 8.78 Å². The third-order valence-electron chi connectivity index (χ3n) is 2.13. The summed E-state index contributed by atoms with van der Waals surface area (Å²) in [6, 6.07) is 0. The Kier molecular flexibility index (Phi) is 4.91. The molecule has 1 rings (SSSR count). The lowest BCUT2D eigenvalue weighted by Gasteiger charge is -2.08. The molecule has 0 aliphatic rings. The van der Waals surface area contributed by atoms with E-state index in [4.69, 9.17) is 0 Å². The van der Waals surface area contributed by atoms with Crippen molar-refractivity contribution in [2.24, 2.45) is 0 Å². The molecule has 104 valence electrons. The van der Waals surface area contributed by atoms with E-state index in [1.165, 1.54) is 0 Å². The van der Waals surface area contributed by atoms with Crippen LogP contribution in [-0.4, -0.2) is 19.7 Å². The highest BCUT2D eigenvalue weighted by atomic mass is 19.2. The van der Waals surface area contributed by atoms with E-state index in [1.54, 1.807) is 0 Å². The smallest absolute Gasteiger partial charge is 0.302 e. The van der Waals surface area contributed by atoms with Gasteiger partial charge in [0.1, 0.15) is 6.61 Å². The first-order chi connectivity index (χ1) is 8.90. The van der Waals surface area contributed by atoms with Crippen molar-refractivity contribution in [3.05, 3.63) is 34.9 Å². The standard InChI is InChI=1S/C12H10F4O3/c1-6(17)19-5-3-4-7-8(13)10(15)12(18-2)11(16)9(7)14/h3-4H,5H2,1-2H3/b4-3+. The first-order valence-electron chi connectivity index (χ1n) is 5.10. The molecule has 0 amide bonds. The molecule has 7 heteroatoms. The zero-order valence-corrected chi connectivity index (χ0v) is 10.1. The number of hydrogen-bond acceptors (Lipinski definition) is 3. The zero-order chi connectivity index (χ0) is 14.6. The number of esters is 1. The van der Waals surface area contributed by atoms with E-state index in [1.807, 2.05) is 0 Å². The number of methoxy groups -OCH3 is 1. The molecule has 0 saturated carbocycles. The third-order valence-corrected chi connectivity index (χ3v) is 2.13. The largest absolute Gasteiger partial charge is 0.491 e. The maximum Gasteiger partial charge on any atom is 0.302 e. The van der Waals surface area contributed by atoms with Crippen LogP contribution in [0, 0.1) is 23.3 Å². The second kappa shape index (κ2) is 6.21. The Morgan fingerprint density at radius 2 is 1.63 bits per heavy atom. The molecule has 0 fully saturated rings. The predicted octanol–water partition coefficient (Wildman–Crippen LogP) is 2.83. The van der Waals surface area contributed by atoms with Crippen LogP contribution in [0.4, 0.5) is 17.6 Å². The average molecular weight is 278 g/mol. The van der Waals surface area contributed by atoms with Crippen molar-refractivity contribution >= 4 is 12.0 Å². The zero-order valence-electron chi connectivity index (χ0n) is 10.1. The van der Waals surface area contributed by atoms with Crippen molar-refractivity contribution in [2.45, 2.75) is 6.92 Å². The van der Waals surface area contributed by atoms with Gasteiger partial charge in [0.2, 0.25) is 11.6 Å². The number of carbonyl (C=O) groups is 1. The number of hydrogen-bond donors (Lipinski definition) is 0. The van der Waals surface area contributed by atoms with Gasteiger partial charge in [-0.1, -0.05) is 0 Å². The maximum atomic E-state index is 13.5. The monoisotopic (exact) mass is 278 g/mol. The molecular formula is C12H10F4O3. The lowest BCUT2D eigenvalue weighted by atomic mass is 10.1. The molecule has 0 aliphatic carbocycles. The second-order valence-corrected chi connectivity index (χ2v) is 3.41. The molecule has 0 saturated heterocycles. The molecule has 0 unspecified atom stereocenters. The van der Waals surface area contributed by atoms with Crippen LogP contribution in [0.5, 0.6) is 5.75 Å². The topological polar surface area (TPSA) is 35.5 Å². The van der Waals surface area contributed by atoms with E-state index in [0.717, 1.165) is 26.2 Å². The maximum absolute atomic E-state index is 13.5. The minimum absolute atomic E-state index is 0.274. The molecule has 3 nitrogen and oxygen atoms in total. The van der Waals surface area contributed by atoms with Crippen molar-refractivity contribution in [3.8, 4) is 5.75 Å². The Hall–Kier alpha value is -2.05. The van der Waals surface area contributed by atoms with Crippen molar-refractivity contribution in [1.82, 2.24) is 0 Å². The van der Waals surface area contributed by atoms with E-state index in [0.29, 0.717) is 0 Å². The second-order valence-electron chi connectivity index (χ2n) is 3.41. The summed E-state index contributed by atoms with van der Waals surface area (Å²) in [7, 11) is 0.886. The summed E-state index contributed by atoms with van der Waals surface area (Å²) in [5.74, 6) is -8.17. The van der Waals surface area contributed by atoms with Gasteiger partial charge in [0.15, 0.2) is 17.4 Å². The van der Waals surface area contributed by atoms with Gasteiger partial charge in [-0.25, -0.2) is 8.78 Å². The van der Waals surface area contributed by atoms with Gasteiger partial charge in [-0.15, -0.1) is 0 Å². The Morgan fingerprint density at radius 3 is 2.05 bits per heavy atom. The summed E-state index contributed by atoms with van der Waals surface area (Å²) >= 11 is 0. The molecule has 0 bridgehead atoms. The van der Waals surface area contributed by atoms with Crippen LogP contribution in [0.25, 0.3) is 6.08 Å². The molecular weight excluding hydrogens is 268 g/mol. The van der Waals surface area contributed by atoms with Crippen molar-refractivity contribution in [3.63, 3.8) is 0 Å². The molecule has 19 heavy (non-hydrogen) atoms. The van der Waals surface area contributed by atoms with Crippen LogP contribution in [-0.2, 0) is 9.53 Å². The molecule has 1 aromatic rings. The highest BCUT2D eigenvalue weighted by molar-refractivity contribution is 5.66. The highest BCUT2D eigenvalue weighted by Crippen LogP contribution is 2.30. The molecule has 1 aromatic carbocycles. The lowest BCUT2D eigenvalue weighted by molar-refractivity contribution is -0.139.